The Balaban J connectivity index is 2.02. The number of aliphatic hydroxyl groups excluding tert-OH is 1. The Morgan fingerprint density at radius 1 is 0.944 bits per heavy atom. The van der Waals surface area contributed by atoms with Gasteiger partial charge in [-0.1, -0.05) is 42.5 Å². The highest BCUT2D eigenvalue weighted by Crippen LogP contribution is 2.21. The van der Waals surface area contributed by atoms with Crippen LogP contribution in [-0.4, -0.2) is 24.4 Å². The molecule has 3 N–H and O–H groups in total. The largest absolute Gasteiger partial charge is 0.491 e. The van der Waals surface area contributed by atoms with E-state index in [1.807, 2.05) is 42.5 Å². The average Bonchev–Trinajstić information content (AvgIpc) is 2.46. The van der Waals surface area contributed by atoms with Crippen molar-refractivity contribution < 1.29 is 9.84 Å². The van der Waals surface area contributed by atoms with Gasteiger partial charge in [0.1, 0.15) is 18.5 Å². The van der Waals surface area contributed by atoms with Crippen molar-refractivity contribution in [2.24, 2.45) is 5.73 Å². The van der Waals surface area contributed by atoms with Crippen LogP contribution in [0.5, 0.6) is 5.75 Å². The van der Waals surface area contributed by atoms with Crippen LogP contribution in [0.3, 0.4) is 0 Å². The smallest absolute Gasteiger partial charge is 0.119 e. The maximum absolute atomic E-state index is 9.30. The average molecular weight is 243 g/mol. The summed E-state index contributed by atoms with van der Waals surface area (Å²) in [7, 11) is 0. The number of benzene rings is 2. The first-order valence-electron chi connectivity index (χ1n) is 5.96. The van der Waals surface area contributed by atoms with Crippen LogP contribution in [0.1, 0.15) is 0 Å². The molecule has 0 radical (unpaired) electrons. The van der Waals surface area contributed by atoms with Crippen molar-refractivity contribution in [1.29, 1.82) is 0 Å². The maximum Gasteiger partial charge on any atom is 0.119 e. The van der Waals surface area contributed by atoms with Gasteiger partial charge >= 0.3 is 0 Å². The summed E-state index contributed by atoms with van der Waals surface area (Å²) in [5.74, 6) is 0.738. The molecule has 0 bridgehead atoms. The highest BCUT2D eigenvalue weighted by molar-refractivity contribution is 5.63. The van der Waals surface area contributed by atoms with Gasteiger partial charge in [-0.15, -0.1) is 0 Å². The van der Waals surface area contributed by atoms with Gasteiger partial charge in [0.15, 0.2) is 0 Å². The van der Waals surface area contributed by atoms with Crippen molar-refractivity contribution in [3.63, 3.8) is 0 Å². The summed E-state index contributed by atoms with van der Waals surface area (Å²) in [4.78, 5) is 0. The van der Waals surface area contributed by atoms with Crippen molar-refractivity contribution in [1.82, 2.24) is 0 Å². The van der Waals surface area contributed by atoms with E-state index in [-0.39, 0.29) is 13.2 Å². The molecule has 0 saturated heterocycles. The van der Waals surface area contributed by atoms with E-state index >= 15 is 0 Å². The summed E-state index contributed by atoms with van der Waals surface area (Å²) in [6.45, 7) is 0.434. The zero-order valence-electron chi connectivity index (χ0n) is 10.1. The van der Waals surface area contributed by atoms with Gasteiger partial charge in [-0.05, 0) is 23.3 Å². The van der Waals surface area contributed by atoms with E-state index in [1.54, 1.807) is 0 Å². The molecule has 2 aromatic carbocycles. The molecule has 0 spiro atoms. The van der Waals surface area contributed by atoms with Crippen molar-refractivity contribution >= 4 is 0 Å². The van der Waals surface area contributed by atoms with Crippen LogP contribution in [0.15, 0.2) is 54.6 Å². The first-order chi connectivity index (χ1) is 8.79. The molecule has 0 aliphatic heterocycles. The number of ether oxygens (including phenoxy) is 1. The predicted octanol–water partition coefficient (Wildman–Crippen LogP) is 2.05. The lowest BCUT2D eigenvalue weighted by Gasteiger charge is -2.10. The van der Waals surface area contributed by atoms with Gasteiger partial charge in [0.25, 0.3) is 0 Å². The lowest BCUT2D eigenvalue weighted by molar-refractivity contribution is 0.114. The van der Waals surface area contributed by atoms with Crippen LogP contribution in [-0.2, 0) is 0 Å². The van der Waals surface area contributed by atoms with E-state index in [1.165, 1.54) is 5.56 Å². The third-order valence-electron chi connectivity index (χ3n) is 2.68. The molecule has 1 atom stereocenters. The Labute approximate surface area is 107 Å². The van der Waals surface area contributed by atoms with Gasteiger partial charge in [-0.25, -0.2) is 0 Å². The van der Waals surface area contributed by atoms with Crippen LogP contribution < -0.4 is 10.5 Å². The summed E-state index contributed by atoms with van der Waals surface area (Å²) >= 11 is 0. The molecular weight excluding hydrogens is 226 g/mol. The zero-order valence-corrected chi connectivity index (χ0v) is 10.1. The quantitative estimate of drug-likeness (QED) is 0.845. The van der Waals surface area contributed by atoms with E-state index in [2.05, 4.69) is 12.1 Å². The molecular formula is C15H17NO2. The Bertz CT molecular complexity index is 468. The molecule has 0 aromatic heterocycles. The SMILES string of the molecule is NC[C@@H](O)COc1ccc(-c2ccccc2)cc1. The molecule has 0 unspecified atom stereocenters. The van der Waals surface area contributed by atoms with Crippen LogP contribution in [0, 0.1) is 0 Å². The molecule has 2 rings (SSSR count). The predicted molar refractivity (Wildman–Crippen MR) is 72.4 cm³/mol. The third-order valence-corrected chi connectivity index (χ3v) is 2.68. The second-order valence-corrected chi connectivity index (χ2v) is 4.09. The summed E-state index contributed by atoms with van der Waals surface area (Å²) in [6, 6.07) is 17.9. The number of nitrogens with two attached hydrogens (primary N) is 1. The van der Waals surface area contributed by atoms with Crippen LogP contribution in [0.25, 0.3) is 11.1 Å². The van der Waals surface area contributed by atoms with Crippen LogP contribution in [0.2, 0.25) is 0 Å². The summed E-state index contributed by atoms with van der Waals surface area (Å²) in [5.41, 5.74) is 7.62. The van der Waals surface area contributed by atoms with Crippen molar-refractivity contribution in [3.8, 4) is 16.9 Å². The molecule has 0 amide bonds. The highest BCUT2D eigenvalue weighted by atomic mass is 16.5. The number of aliphatic hydroxyl groups is 1. The summed E-state index contributed by atoms with van der Waals surface area (Å²) in [5, 5.41) is 9.30. The van der Waals surface area contributed by atoms with E-state index in [4.69, 9.17) is 10.5 Å². The summed E-state index contributed by atoms with van der Waals surface area (Å²) < 4.78 is 5.42. The Morgan fingerprint density at radius 3 is 2.17 bits per heavy atom. The second-order valence-electron chi connectivity index (χ2n) is 4.09. The van der Waals surface area contributed by atoms with E-state index < -0.39 is 6.10 Å². The number of hydrogen-bond acceptors (Lipinski definition) is 3. The normalized spacial score (nSPS) is 12.1. The Kier molecular flexibility index (Phi) is 4.34. The molecule has 94 valence electrons. The fourth-order valence-corrected chi connectivity index (χ4v) is 1.63. The van der Waals surface area contributed by atoms with Crippen molar-refractivity contribution in [2.45, 2.75) is 6.10 Å². The van der Waals surface area contributed by atoms with Gasteiger partial charge in [0.2, 0.25) is 0 Å². The van der Waals surface area contributed by atoms with Crippen LogP contribution >= 0.6 is 0 Å². The molecule has 0 aliphatic rings. The zero-order chi connectivity index (χ0) is 12.8. The Morgan fingerprint density at radius 2 is 1.56 bits per heavy atom. The fraction of sp³-hybridized carbons (Fsp3) is 0.200. The molecule has 0 saturated carbocycles. The minimum absolute atomic E-state index is 0.210. The maximum atomic E-state index is 9.30. The number of rotatable bonds is 5. The van der Waals surface area contributed by atoms with E-state index in [9.17, 15) is 5.11 Å². The van der Waals surface area contributed by atoms with Crippen molar-refractivity contribution in [2.75, 3.05) is 13.2 Å². The van der Waals surface area contributed by atoms with Gasteiger partial charge in [0.05, 0.1) is 0 Å². The van der Waals surface area contributed by atoms with Gasteiger partial charge in [-0.3, -0.25) is 0 Å². The molecule has 0 aliphatic carbocycles. The molecule has 2 aromatic rings. The van der Waals surface area contributed by atoms with Crippen molar-refractivity contribution in [3.05, 3.63) is 54.6 Å². The summed E-state index contributed by atoms with van der Waals surface area (Å²) in [6.07, 6.45) is -0.612. The molecule has 3 heteroatoms. The van der Waals surface area contributed by atoms with Gasteiger partial charge < -0.3 is 15.6 Å². The van der Waals surface area contributed by atoms with Crippen LogP contribution in [0.4, 0.5) is 0 Å². The van der Waals surface area contributed by atoms with E-state index in [0.717, 1.165) is 11.3 Å². The first-order valence-corrected chi connectivity index (χ1v) is 5.96. The minimum atomic E-state index is -0.612. The lowest BCUT2D eigenvalue weighted by atomic mass is 10.1. The monoisotopic (exact) mass is 243 g/mol. The van der Waals surface area contributed by atoms with Gasteiger partial charge in [0, 0.05) is 6.54 Å². The first kappa shape index (κ1) is 12.6. The third kappa shape index (κ3) is 3.32. The Hall–Kier alpha value is -1.84. The molecule has 18 heavy (non-hydrogen) atoms. The minimum Gasteiger partial charge on any atom is -0.491 e. The van der Waals surface area contributed by atoms with Gasteiger partial charge in [-0.2, -0.15) is 0 Å². The standard InChI is InChI=1S/C15H17NO2/c16-10-14(17)11-18-15-8-6-13(7-9-15)12-4-2-1-3-5-12/h1-9,14,17H,10-11,16H2/t14-/m1/s1. The molecule has 3 nitrogen and oxygen atoms in total. The molecule has 0 fully saturated rings. The fourth-order valence-electron chi connectivity index (χ4n) is 1.63. The second kappa shape index (κ2) is 6.19. The topological polar surface area (TPSA) is 55.5 Å². The highest BCUT2D eigenvalue weighted by Gasteiger charge is 2.02. The van der Waals surface area contributed by atoms with E-state index in [0.29, 0.717) is 0 Å². The molecule has 0 heterocycles. The number of hydrogen-bond donors (Lipinski definition) is 2. The lowest BCUT2D eigenvalue weighted by Crippen LogP contribution is -2.26.